The van der Waals surface area contributed by atoms with Gasteiger partial charge in [0.25, 0.3) is 0 Å². The summed E-state index contributed by atoms with van der Waals surface area (Å²) in [6, 6.07) is 0.162. The van der Waals surface area contributed by atoms with Crippen LogP contribution in [0.2, 0.25) is 0 Å². The molecule has 5 nitrogen and oxygen atoms in total. The Morgan fingerprint density at radius 1 is 1.33 bits per heavy atom. The van der Waals surface area contributed by atoms with Gasteiger partial charge in [0.05, 0.1) is 6.10 Å². The summed E-state index contributed by atoms with van der Waals surface area (Å²) >= 11 is 0. The smallest absolute Gasteiger partial charge is 0.303 e. The summed E-state index contributed by atoms with van der Waals surface area (Å²) in [6.07, 6.45) is 2.77. The van der Waals surface area contributed by atoms with Gasteiger partial charge in [0.15, 0.2) is 0 Å². The third kappa shape index (κ3) is 3.70. The van der Waals surface area contributed by atoms with Gasteiger partial charge >= 0.3 is 5.97 Å². The molecule has 0 spiro atoms. The standard InChI is InChI=1S/C13H23NO4/c1-13(2)9(8-10(13)18-3)14-11(15)6-4-5-7-12(16)17/h9-10H,4-8H2,1-3H3,(H,14,15)(H,16,17). The molecule has 1 fully saturated rings. The van der Waals surface area contributed by atoms with Gasteiger partial charge in [-0.05, 0) is 19.3 Å². The zero-order valence-electron chi connectivity index (χ0n) is 11.4. The minimum atomic E-state index is -0.807. The van der Waals surface area contributed by atoms with Crippen LogP contribution < -0.4 is 5.32 Å². The molecule has 5 heteroatoms. The second-order valence-electron chi connectivity index (χ2n) is 5.50. The Morgan fingerprint density at radius 2 is 1.94 bits per heavy atom. The van der Waals surface area contributed by atoms with Crippen LogP contribution in [-0.2, 0) is 14.3 Å². The van der Waals surface area contributed by atoms with Gasteiger partial charge in [0, 0.05) is 31.4 Å². The van der Waals surface area contributed by atoms with Crippen molar-refractivity contribution in [2.45, 2.75) is 58.1 Å². The molecule has 2 atom stereocenters. The quantitative estimate of drug-likeness (QED) is 0.679. The molecule has 0 radical (unpaired) electrons. The fourth-order valence-electron chi connectivity index (χ4n) is 2.36. The minimum absolute atomic E-state index is 0.00742. The molecule has 2 unspecified atom stereocenters. The molecule has 0 saturated heterocycles. The fraction of sp³-hybridized carbons (Fsp3) is 0.846. The van der Waals surface area contributed by atoms with Crippen molar-refractivity contribution in [3.63, 3.8) is 0 Å². The van der Waals surface area contributed by atoms with Gasteiger partial charge in [-0.25, -0.2) is 0 Å². The number of hydrogen-bond donors (Lipinski definition) is 2. The van der Waals surface area contributed by atoms with Crippen molar-refractivity contribution in [3.8, 4) is 0 Å². The van der Waals surface area contributed by atoms with E-state index in [0.29, 0.717) is 19.3 Å². The van der Waals surface area contributed by atoms with Crippen LogP contribution in [0.5, 0.6) is 0 Å². The molecule has 1 aliphatic carbocycles. The maximum Gasteiger partial charge on any atom is 0.303 e. The highest BCUT2D eigenvalue weighted by Crippen LogP contribution is 2.42. The van der Waals surface area contributed by atoms with Crippen molar-refractivity contribution in [2.24, 2.45) is 5.41 Å². The van der Waals surface area contributed by atoms with Crippen molar-refractivity contribution in [1.29, 1.82) is 0 Å². The molecule has 0 aliphatic heterocycles. The number of rotatable bonds is 7. The number of hydrogen-bond acceptors (Lipinski definition) is 3. The fourth-order valence-corrected chi connectivity index (χ4v) is 2.36. The summed E-state index contributed by atoms with van der Waals surface area (Å²) in [5, 5.41) is 11.5. The number of carboxylic acids is 1. The SMILES string of the molecule is COC1CC(NC(=O)CCCCC(=O)O)C1(C)C. The van der Waals surface area contributed by atoms with Crippen LogP contribution in [0.3, 0.4) is 0 Å². The first kappa shape index (κ1) is 15.0. The Balaban J connectivity index is 2.20. The number of carbonyl (C=O) groups is 2. The number of carbonyl (C=O) groups excluding carboxylic acids is 1. The molecule has 1 rings (SSSR count). The Morgan fingerprint density at radius 3 is 2.44 bits per heavy atom. The van der Waals surface area contributed by atoms with Gasteiger partial charge in [-0.2, -0.15) is 0 Å². The number of unbranched alkanes of at least 4 members (excludes halogenated alkanes) is 1. The molecule has 0 bridgehead atoms. The first-order valence-corrected chi connectivity index (χ1v) is 6.42. The minimum Gasteiger partial charge on any atom is -0.481 e. The van der Waals surface area contributed by atoms with Crippen molar-refractivity contribution in [3.05, 3.63) is 0 Å². The maximum absolute atomic E-state index is 11.7. The van der Waals surface area contributed by atoms with Crippen LogP contribution in [0, 0.1) is 5.41 Å². The zero-order valence-corrected chi connectivity index (χ0v) is 11.4. The van der Waals surface area contributed by atoms with E-state index in [-0.39, 0.29) is 29.9 Å². The highest BCUT2D eigenvalue weighted by molar-refractivity contribution is 5.76. The number of carboxylic acid groups (broad SMARTS) is 1. The monoisotopic (exact) mass is 257 g/mol. The van der Waals surface area contributed by atoms with Crippen LogP contribution in [0.25, 0.3) is 0 Å². The second-order valence-corrected chi connectivity index (χ2v) is 5.50. The lowest BCUT2D eigenvalue weighted by Gasteiger charge is -2.51. The van der Waals surface area contributed by atoms with Crippen LogP contribution >= 0.6 is 0 Å². The molecular weight excluding hydrogens is 234 g/mol. The summed E-state index contributed by atoms with van der Waals surface area (Å²) in [7, 11) is 1.69. The van der Waals surface area contributed by atoms with Crippen molar-refractivity contribution >= 4 is 11.9 Å². The maximum atomic E-state index is 11.7. The lowest BCUT2D eigenvalue weighted by atomic mass is 9.64. The molecule has 0 aromatic rings. The van der Waals surface area contributed by atoms with E-state index in [9.17, 15) is 9.59 Å². The van der Waals surface area contributed by atoms with Crippen LogP contribution in [0.1, 0.15) is 46.0 Å². The molecule has 1 amide bonds. The van der Waals surface area contributed by atoms with E-state index < -0.39 is 5.97 Å². The topological polar surface area (TPSA) is 75.6 Å². The average Bonchev–Trinajstić information content (AvgIpc) is 2.29. The van der Waals surface area contributed by atoms with Crippen LogP contribution in [-0.4, -0.2) is 36.2 Å². The normalized spacial score (nSPS) is 25.3. The lowest BCUT2D eigenvalue weighted by molar-refractivity contribution is -0.137. The third-order valence-corrected chi connectivity index (χ3v) is 3.84. The van der Waals surface area contributed by atoms with Crippen molar-refractivity contribution < 1.29 is 19.4 Å². The number of aliphatic carboxylic acids is 1. The van der Waals surface area contributed by atoms with Crippen molar-refractivity contribution in [2.75, 3.05) is 7.11 Å². The summed E-state index contributed by atoms with van der Waals surface area (Å²) in [4.78, 5) is 22.0. The third-order valence-electron chi connectivity index (χ3n) is 3.84. The largest absolute Gasteiger partial charge is 0.481 e. The molecular formula is C13H23NO4. The van der Waals surface area contributed by atoms with Gasteiger partial charge in [-0.1, -0.05) is 13.8 Å². The summed E-state index contributed by atoms with van der Waals surface area (Å²) in [6.45, 7) is 4.17. The lowest BCUT2D eigenvalue weighted by Crippen LogP contribution is -2.61. The molecule has 2 N–H and O–H groups in total. The molecule has 0 aromatic heterocycles. The molecule has 0 aromatic carbocycles. The summed E-state index contributed by atoms with van der Waals surface area (Å²) in [5.41, 5.74) is -0.0223. The first-order valence-electron chi connectivity index (χ1n) is 6.42. The number of amides is 1. The van der Waals surface area contributed by atoms with Gasteiger partial charge in [0.2, 0.25) is 5.91 Å². The number of nitrogens with one attached hydrogen (secondary N) is 1. The van der Waals surface area contributed by atoms with Gasteiger partial charge < -0.3 is 15.2 Å². The predicted molar refractivity (Wildman–Crippen MR) is 67.2 cm³/mol. The van der Waals surface area contributed by atoms with E-state index in [1.54, 1.807) is 7.11 Å². The van der Waals surface area contributed by atoms with Gasteiger partial charge in [0.1, 0.15) is 0 Å². The summed E-state index contributed by atoms with van der Waals surface area (Å²) < 4.78 is 5.32. The Hall–Kier alpha value is -1.10. The summed E-state index contributed by atoms with van der Waals surface area (Å²) in [5.74, 6) is -0.800. The predicted octanol–water partition coefficient (Wildman–Crippen LogP) is 1.56. The first-order chi connectivity index (χ1) is 8.37. The van der Waals surface area contributed by atoms with E-state index in [4.69, 9.17) is 9.84 Å². The van der Waals surface area contributed by atoms with Crippen LogP contribution in [0.15, 0.2) is 0 Å². The number of ether oxygens (including phenoxy) is 1. The zero-order chi connectivity index (χ0) is 13.8. The van der Waals surface area contributed by atoms with Crippen LogP contribution in [0.4, 0.5) is 0 Å². The van der Waals surface area contributed by atoms with Gasteiger partial charge in [-0.15, -0.1) is 0 Å². The molecule has 1 aliphatic rings. The van der Waals surface area contributed by atoms with E-state index in [1.807, 2.05) is 0 Å². The van der Waals surface area contributed by atoms with Gasteiger partial charge in [-0.3, -0.25) is 9.59 Å². The van der Waals surface area contributed by atoms with Crippen molar-refractivity contribution in [1.82, 2.24) is 5.32 Å². The molecule has 1 saturated carbocycles. The Bertz CT molecular complexity index is 314. The number of methoxy groups -OCH3 is 1. The molecule has 0 heterocycles. The average molecular weight is 257 g/mol. The highest BCUT2D eigenvalue weighted by Gasteiger charge is 2.49. The Labute approximate surface area is 108 Å². The Kier molecular flexibility index (Phi) is 5.14. The highest BCUT2D eigenvalue weighted by atomic mass is 16.5. The van der Waals surface area contributed by atoms with E-state index >= 15 is 0 Å². The molecule has 104 valence electrons. The molecule has 18 heavy (non-hydrogen) atoms. The van der Waals surface area contributed by atoms with E-state index in [1.165, 1.54) is 0 Å². The van der Waals surface area contributed by atoms with E-state index in [0.717, 1.165) is 6.42 Å². The van der Waals surface area contributed by atoms with E-state index in [2.05, 4.69) is 19.2 Å². The second kappa shape index (κ2) is 6.18.